The molecule has 1 atom stereocenters. The van der Waals surface area contributed by atoms with Gasteiger partial charge < -0.3 is 14.0 Å². The number of benzene rings is 2. The van der Waals surface area contributed by atoms with Crippen molar-refractivity contribution < 1.29 is 32.0 Å². The van der Waals surface area contributed by atoms with Gasteiger partial charge in [-0.2, -0.15) is 13.2 Å². The number of ether oxygens (including phenoxy) is 1. The van der Waals surface area contributed by atoms with Crippen molar-refractivity contribution in [3.05, 3.63) is 42.0 Å². The third kappa shape index (κ3) is 5.90. The number of fused-ring (bicyclic) bond motifs is 1. The Morgan fingerprint density at radius 3 is 2.18 bits per heavy atom. The van der Waals surface area contributed by atoms with Gasteiger partial charge >= 0.3 is 19.3 Å². The molecule has 1 aliphatic rings. The Morgan fingerprint density at radius 1 is 0.970 bits per heavy atom. The van der Waals surface area contributed by atoms with Gasteiger partial charge in [-0.1, -0.05) is 50.5 Å². The van der Waals surface area contributed by atoms with Crippen LogP contribution in [-0.4, -0.2) is 36.6 Å². The van der Waals surface area contributed by atoms with Crippen molar-refractivity contribution in [3.63, 3.8) is 0 Å². The van der Waals surface area contributed by atoms with Gasteiger partial charge in [-0.05, 0) is 68.9 Å². The monoisotopic (exact) mass is 464 g/mol. The highest BCUT2D eigenvalue weighted by molar-refractivity contribution is 6.62. The summed E-state index contributed by atoms with van der Waals surface area (Å²) in [5.74, 6) is -0.968. The molecule has 0 amide bonds. The van der Waals surface area contributed by atoms with Crippen LogP contribution >= 0.6 is 0 Å². The highest BCUT2D eigenvalue weighted by Gasteiger charge is 2.51. The van der Waals surface area contributed by atoms with Crippen molar-refractivity contribution >= 4 is 29.3 Å². The molecule has 33 heavy (non-hydrogen) atoms. The first-order chi connectivity index (χ1) is 15.3. The number of alkyl halides is 3. The molecule has 0 radical (unpaired) electrons. The summed E-state index contributed by atoms with van der Waals surface area (Å²) in [5, 5.41) is 1.54. The summed E-state index contributed by atoms with van der Waals surface area (Å²) in [5.41, 5.74) is -0.00758. The minimum atomic E-state index is -4.59. The molecule has 2 aromatic carbocycles. The summed E-state index contributed by atoms with van der Waals surface area (Å²) in [6.45, 7) is 9.89. The molecular weight excluding hydrogens is 432 g/mol. The highest BCUT2D eigenvalue weighted by atomic mass is 19.4. The van der Waals surface area contributed by atoms with Crippen molar-refractivity contribution in [3.8, 4) is 0 Å². The minimum Gasteiger partial charge on any atom is -0.449 e. The lowest BCUT2D eigenvalue weighted by Gasteiger charge is -2.32. The molecule has 180 valence electrons. The van der Waals surface area contributed by atoms with Gasteiger partial charge in [-0.15, -0.1) is 0 Å². The van der Waals surface area contributed by atoms with E-state index in [2.05, 4.69) is 0 Å². The summed E-state index contributed by atoms with van der Waals surface area (Å²) in [4.78, 5) is 12.5. The van der Waals surface area contributed by atoms with E-state index >= 15 is 0 Å². The molecule has 0 spiro atoms. The molecule has 0 saturated carbocycles. The second kappa shape index (κ2) is 9.67. The molecule has 0 N–H and O–H groups in total. The predicted octanol–water partition coefficient (Wildman–Crippen LogP) is 6.20. The molecule has 1 unspecified atom stereocenters. The van der Waals surface area contributed by atoms with Crippen LogP contribution in [0.25, 0.3) is 10.8 Å². The number of hydrogen-bond acceptors (Lipinski definition) is 4. The van der Waals surface area contributed by atoms with Gasteiger partial charge in [0.2, 0.25) is 0 Å². The van der Waals surface area contributed by atoms with Gasteiger partial charge in [0.15, 0.2) is 6.10 Å². The maximum absolute atomic E-state index is 13.4. The van der Waals surface area contributed by atoms with E-state index in [1.54, 1.807) is 18.2 Å². The largest absolute Gasteiger partial charge is 0.494 e. The van der Waals surface area contributed by atoms with Crippen molar-refractivity contribution in [2.75, 3.05) is 0 Å². The van der Waals surface area contributed by atoms with Crippen molar-refractivity contribution in [1.29, 1.82) is 0 Å². The molecule has 0 aliphatic carbocycles. The third-order valence-electron chi connectivity index (χ3n) is 6.56. The maximum Gasteiger partial charge on any atom is 0.494 e. The fourth-order valence-corrected chi connectivity index (χ4v) is 3.76. The second-order valence-corrected chi connectivity index (χ2v) is 9.69. The van der Waals surface area contributed by atoms with E-state index < -0.39 is 36.6 Å². The van der Waals surface area contributed by atoms with Gasteiger partial charge in [0.1, 0.15) is 0 Å². The summed E-state index contributed by atoms with van der Waals surface area (Å²) in [7, 11) is -0.524. The molecular formula is C25H32BF3O4. The van der Waals surface area contributed by atoms with Crippen LogP contribution in [0, 0.1) is 0 Å². The first-order valence-electron chi connectivity index (χ1n) is 11.5. The fraction of sp³-hybridized carbons (Fsp3) is 0.560. The molecule has 1 aliphatic heterocycles. The lowest BCUT2D eigenvalue weighted by Crippen LogP contribution is -2.41. The SMILES string of the molecule is CCCCCCC(OC(=O)c1ccc2cc(B3OC(C)(C)C(C)(C)O3)ccc2c1)C(F)(F)F. The zero-order valence-corrected chi connectivity index (χ0v) is 19.9. The molecule has 2 aromatic rings. The average molecular weight is 464 g/mol. The number of hydrogen-bond donors (Lipinski definition) is 0. The summed E-state index contributed by atoms with van der Waals surface area (Å²) >= 11 is 0. The highest BCUT2D eigenvalue weighted by Crippen LogP contribution is 2.36. The molecule has 1 fully saturated rings. The first-order valence-corrected chi connectivity index (χ1v) is 11.5. The van der Waals surface area contributed by atoms with E-state index in [0.717, 1.165) is 29.1 Å². The quantitative estimate of drug-likeness (QED) is 0.265. The van der Waals surface area contributed by atoms with Crippen LogP contribution in [0.5, 0.6) is 0 Å². The maximum atomic E-state index is 13.4. The standard InChI is InChI=1S/C25H32BF3O4/c1-6-7-8-9-10-21(25(27,28)29)31-22(30)19-12-11-18-16-20(14-13-17(18)15-19)26-32-23(2,3)24(4,5)33-26/h11-16,21H,6-10H2,1-5H3. The third-order valence-corrected chi connectivity index (χ3v) is 6.56. The van der Waals surface area contributed by atoms with Gasteiger partial charge in [0, 0.05) is 0 Å². The van der Waals surface area contributed by atoms with E-state index in [0.29, 0.717) is 12.8 Å². The van der Waals surface area contributed by atoms with Crippen LogP contribution in [0.1, 0.15) is 77.1 Å². The molecule has 3 rings (SSSR count). The van der Waals surface area contributed by atoms with Crippen molar-refractivity contribution in [1.82, 2.24) is 0 Å². The second-order valence-electron chi connectivity index (χ2n) is 9.69. The topological polar surface area (TPSA) is 44.8 Å². The fourth-order valence-electron chi connectivity index (χ4n) is 3.76. The number of esters is 1. The molecule has 4 nitrogen and oxygen atoms in total. The lowest BCUT2D eigenvalue weighted by atomic mass is 9.78. The van der Waals surface area contributed by atoms with E-state index in [1.165, 1.54) is 6.07 Å². The van der Waals surface area contributed by atoms with Crippen molar-refractivity contribution in [2.24, 2.45) is 0 Å². The van der Waals surface area contributed by atoms with E-state index in [9.17, 15) is 18.0 Å². The Kier molecular flexibility index (Phi) is 7.49. The predicted molar refractivity (Wildman–Crippen MR) is 124 cm³/mol. The Labute approximate surface area is 193 Å². The zero-order chi connectivity index (χ0) is 24.4. The van der Waals surface area contributed by atoms with E-state index in [-0.39, 0.29) is 12.0 Å². The average Bonchev–Trinajstić information content (AvgIpc) is 2.95. The Morgan fingerprint density at radius 2 is 1.58 bits per heavy atom. The van der Waals surface area contributed by atoms with Crippen LogP contribution in [-0.2, 0) is 14.0 Å². The van der Waals surface area contributed by atoms with Crippen molar-refractivity contribution in [2.45, 2.75) is 90.2 Å². The number of unbranched alkanes of at least 4 members (excludes halogenated alkanes) is 3. The smallest absolute Gasteiger partial charge is 0.449 e. The number of carbonyl (C=O) groups is 1. The lowest BCUT2D eigenvalue weighted by molar-refractivity contribution is -0.206. The summed E-state index contributed by atoms with van der Waals surface area (Å²) in [6, 6.07) is 10.3. The zero-order valence-electron chi connectivity index (χ0n) is 19.9. The van der Waals surface area contributed by atoms with E-state index in [1.807, 2.05) is 46.8 Å². The van der Waals surface area contributed by atoms with Crippen LogP contribution in [0.2, 0.25) is 0 Å². The van der Waals surface area contributed by atoms with Gasteiger partial charge in [0.05, 0.1) is 16.8 Å². The Balaban J connectivity index is 1.74. The van der Waals surface area contributed by atoms with Gasteiger partial charge in [0.25, 0.3) is 0 Å². The normalized spacial score (nSPS) is 18.5. The number of carbonyl (C=O) groups excluding carboxylic acids is 1. The molecule has 0 aromatic heterocycles. The van der Waals surface area contributed by atoms with Crippen LogP contribution in [0.15, 0.2) is 36.4 Å². The van der Waals surface area contributed by atoms with Crippen LogP contribution in [0.3, 0.4) is 0 Å². The van der Waals surface area contributed by atoms with Crippen LogP contribution < -0.4 is 5.46 Å². The molecule has 1 saturated heterocycles. The Hall–Kier alpha value is -2.06. The molecule has 8 heteroatoms. The number of rotatable bonds is 8. The van der Waals surface area contributed by atoms with Gasteiger partial charge in [-0.25, -0.2) is 4.79 Å². The molecule has 1 heterocycles. The van der Waals surface area contributed by atoms with E-state index in [4.69, 9.17) is 14.0 Å². The molecule has 0 bridgehead atoms. The summed E-state index contributed by atoms with van der Waals surface area (Å²) in [6.07, 6.45) is -4.08. The van der Waals surface area contributed by atoms with Gasteiger partial charge in [-0.3, -0.25) is 0 Å². The minimum absolute atomic E-state index is 0.0914. The first kappa shape index (κ1) is 25.6. The summed E-state index contributed by atoms with van der Waals surface area (Å²) < 4.78 is 57.1. The number of halogens is 3. The van der Waals surface area contributed by atoms with Crippen LogP contribution in [0.4, 0.5) is 13.2 Å². The Bertz CT molecular complexity index is 971.